The molecule has 0 heterocycles. The molecule has 0 aromatic carbocycles. The minimum Gasteiger partial charge on any atom is -0.311 e. The van der Waals surface area contributed by atoms with E-state index in [1.165, 1.54) is 19.3 Å². The fourth-order valence-electron chi connectivity index (χ4n) is 2.25. The van der Waals surface area contributed by atoms with E-state index in [0.717, 1.165) is 12.8 Å². The van der Waals surface area contributed by atoms with Gasteiger partial charge in [-0.1, -0.05) is 13.8 Å². The maximum absolute atomic E-state index is 13.3. The standard InChI is InChI=1S/C11H20FN/c1-10(2)4-3-9(7-10)13-8-11(12)5-6-11/h9,13H,3-8H2,1-2H3. The molecule has 2 aliphatic carbocycles. The highest BCUT2D eigenvalue weighted by Crippen LogP contribution is 2.41. The summed E-state index contributed by atoms with van der Waals surface area (Å²) in [6.07, 6.45) is 5.27. The van der Waals surface area contributed by atoms with E-state index in [1.807, 2.05) is 0 Å². The molecule has 2 heteroatoms. The highest BCUT2D eigenvalue weighted by Gasteiger charge is 2.43. The molecule has 2 rings (SSSR count). The van der Waals surface area contributed by atoms with Crippen LogP contribution >= 0.6 is 0 Å². The zero-order valence-corrected chi connectivity index (χ0v) is 8.70. The first kappa shape index (κ1) is 9.45. The van der Waals surface area contributed by atoms with Crippen LogP contribution in [0.3, 0.4) is 0 Å². The molecule has 0 aromatic heterocycles. The van der Waals surface area contributed by atoms with Gasteiger partial charge in [-0.25, -0.2) is 4.39 Å². The van der Waals surface area contributed by atoms with Crippen LogP contribution in [0.15, 0.2) is 0 Å². The van der Waals surface area contributed by atoms with Gasteiger partial charge in [0.15, 0.2) is 0 Å². The molecule has 1 nitrogen and oxygen atoms in total. The lowest BCUT2D eigenvalue weighted by molar-refractivity contribution is 0.277. The molecular weight excluding hydrogens is 165 g/mol. The van der Waals surface area contributed by atoms with Crippen molar-refractivity contribution in [3.63, 3.8) is 0 Å². The summed E-state index contributed by atoms with van der Waals surface area (Å²) in [6, 6.07) is 0.572. The molecule has 0 amide bonds. The molecule has 13 heavy (non-hydrogen) atoms. The van der Waals surface area contributed by atoms with Gasteiger partial charge in [-0.2, -0.15) is 0 Å². The van der Waals surface area contributed by atoms with E-state index >= 15 is 0 Å². The van der Waals surface area contributed by atoms with Crippen LogP contribution in [0.2, 0.25) is 0 Å². The summed E-state index contributed by atoms with van der Waals surface area (Å²) in [7, 11) is 0. The van der Waals surface area contributed by atoms with Gasteiger partial charge >= 0.3 is 0 Å². The van der Waals surface area contributed by atoms with Crippen LogP contribution in [0.4, 0.5) is 4.39 Å². The molecule has 0 aliphatic heterocycles. The van der Waals surface area contributed by atoms with Gasteiger partial charge in [-0.3, -0.25) is 0 Å². The second kappa shape index (κ2) is 2.94. The average Bonchev–Trinajstić information content (AvgIpc) is 2.65. The van der Waals surface area contributed by atoms with E-state index in [2.05, 4.69) is 19.2 Å². The van der Waals surface area contributed by atoms with Crippen molar-refractivity contribution in [2.24, 2.45) is 5.41 Å². The Morgan fingerprint density at radius 1 is 1.31 bits per heavy atom. The van der Waals surface area contributed by atoms with Crippen molar-refractivity contribution in [3.8, 4) is 0 Å². The molecular formula is C11H20FN. The van der Waals surface area contributed by atoms with Crippen molar-refractivity contribution in [2.45, 2.75) is 57.7 Å². The highest BCUT2D eigenvalue weighted by molar-refractivity contribution is 4.97. The van der Waals surface area contributed by atoms with E-state index in [9.17, 15) is 4.39 Å². The molecule has 0 radical (unpaired) electrons. The number of hydrogen-bond acceptors (Lipinski definition) is 1. The lowest BCUT2D eigenvalue weighted by atomic mass is 9.92. The van der Waals surface area contributed by atoms with Gasteiger partial charge < -0.3 is 5.32 Å². The Bertz CT molecular complexity index is 196. The predicted octanol–water partition coefficient (Wildman–Crippen LogP) is 2.66. The first-order valence-corrected chi connectivity index (χ1v) is 5.42. The third-order valence-electron chi connectivity index (χ3n) is 3.47. The molecule has 0 saturated heterocycles. The Balaban J connectivity index is 1.72. The van der Waals surface area contributed by atoms with Crippen LogP contribution in [0.25, 0.3) is 0 Å². The van der Waals surface area contributed by atoms with Gasteiger partial charge in [0.1, 0.15) is 5.67 Å². The summed E-state index contributed by atoms with van der Waals surface area (Å²) in [5, 5.41) is 3.36. The summed E-state index contributed by atoms with van der Waals surface area (Å²) in [5.41, 5.74) is -0.350. The maximum atomic E-state index is 13.3. The molecule has 76 valence electrons. The monoisotopic (exact) mass is 185 g/mol. The maximum Gasteiger partial charge on any atom is 0.123 e. The van der Waals surface area contributed by atoms with Gasteiger partial charge in [0.25, 0.3) is 0 Å². The van der Waals surface area contributed by atoms with Crippen LogP contribution in [0.5, 0.6) is 0 Å². The van der Waals surface area contributed by atoms with E-state index in [4.69, 9.17) is 0 Å². The van der Waals surface area contributed by atoms with Crippen LogP contribution in [-0.4, -0.2) is 18.3 Å². The summed E-state index contributed by atoms with van der Waals surface area (Å²) < 4.78 is 13.3. The summed E-state index contributed by atoms with van der Waals surface area (Å²) in [6.45, 7) is 5.20. The Morgan fingerprint density at radius 3 is 2.46 bits per heavy atom. The zero-order chi connectivity index (χ0) is 9.53. The SMILES string of the molecule is CC1(C)CCC(NCC2(F)CC2)C1. The van der Waals surface area contributed by atoms with Gasteiger partial charge in [0, 0.05) is 12.6 Å². The minimum absolute atomic E-state index is 0.477. The van der Waals surface area contributed by atoms with Crippen LogP contribution in [0.1, 0.15) is 46.0 Å². The number of hydrogen-bond donors (Lipinski definition) is 1. The van der Waals surface area contributed by atoms with Crippen molar-refractivity contribution < 1.29 is 4.39 Å². The molecule has 0 spiro atoms. The quantitative estimate of drug-likeness (QED) is 0.712. The topological polar surface area (TPSA) is 12.0 Å². The molecule has 1 atom stereocenters. The number of nitrogens with one attached hydrogen (secondary N) is 1. The molecule has 1 N–H and O–H groups in total. The Hall–Kier alpha value is -0.110. The average molecular weight is 185 g/mol. The Labute approximate surface area is 80.1 Å². The largest absolute Gasteiger partial charge is 0.311 e. The second-order valence-corrected chi connectivity index (χ2v) is 5.64. The Kier molecular flexibility index (Phi) is 2.14. The van der Waals surface area contributed by atoms with Crippen molar-refractivity contribution in [3.05, 3.63) is 0 Å². The lowest BCUT2D eigenvalue weighted by Crippen LogP contribution is -2.33. The molecule has 2 fully saturated rings. The van der Waals surface area contributed by atoms with E-state index < -0.39 is 5.67 Å². The number of alkyl halides is 1. The van der Waals surface area contributed by atoms with Crippen molar-refractivity contribution in [1.82, 2.24) is 5.32 Å². The van der Waals surface area contributed by atoms with E-state index in [-0.39, 0.29) is 0 Å². The van der Waals surface area contributed by atoms with Crippen LogP contribution in [-0.2, 0) is 0 Å². The molecule has 2 saturated carbocycles. The van der Waals surface area contributed by atoms with Gasteiger partial charge in [0.05, 0.1) is 0 Å². The zero-order valence-electron chi connectivity index (χ0n) is 8.70. The lowest BCUT2D eigenvalue weighted by Gasteiger charge is -2.18. The van der Waals surface area contributed by atoms with Gasteiger partial charge in [0.2, 0.25) is 0 Å². The minimum atomic E-state index is -0.827. The van der Waals surface area contributed by atoms with Crippen molar-refractivity contribution >= 4 is 0 Å². The third-order valence-corrected chi connectivity index (χ3v) is 3.47. The highest BCUT2D eigenvalue weighted by atomic mass is 19.1. The normalized spacial score (nSPS) is 34.8. The molecule has 0 aromatic rings. The van der Waals surface area contributed by atoms with E-state index in [1.54, 1.807) is 0 Å². The molecule has 2 aliphatic rings. The first-order valence-electron chi connectivity index (χ1n) is 5.42. The van der Waals surface area contributed by atoms with Crippen LogP contribution in [0, 0.1) is 5.41 Å². The van der Waals surface area contributed by atoms with E-state index in [0.29, 0.717) is 18.0 Å². The fraction of sp³-hybridized carbons (Fsp3) is 1.00. The number of halogens is 1. The first-order chi connectivity index (χ1) is 5.99. The summed E-state index contributed by atoms with van der Waals surface area (Å²) >= 11 is 0. The Morgan fingerprint density at radius 2 is 2.00 bits per heavy atom. The van der Waals surface area contributed by atoms with Crippen molar-refractivity contribution in [2.75, 3.05) is 6.54 Å². The summed E-state index contributed by atoms with van der Waals surface area (Å²) in [4.78, 5) is 0. The number of rotatable bonds is 3. The molecule has 0 bridgehead atoms. The van der Waals surface area contributed by atoms with Crippen LogP contribution < -0.4 is 5.32 Å². The second-order valence-electron chi connectivity index (χ2n) is 5.64. The molecule has 1 unspecified atom stereocenters. The van der Waals surface area contributed by atoms with Gasteiger partial charge in [-0.15, -0.1) is 0 Å². The predicted molar refractivity (Wildman–Crippen MR) is 52.5 cm³/mol. The third kappa shape index (κ3) is 2.43. The smallest absolute Gasteiger partial charge is 0.123 e. The van der Waals surface area contributed by atoms with Crippen molar-refractivity contribution in [1.29, 1.82) is 0 Å². The fourth-order valence-corrected chi connectivity index (χ4v) is 2.25. The summed E-state index contributed by atoms with van der Waals surface area (Å²) in [5.74, 6) is 0. The van der Waals surface area contributed by atoms with Gasteiger partial charge in [-0.05, 0) is 37.5 Å².